The van der Waals surface area contributed by atoms with E-state index in [1.54, 1.807) is 0 Å². The zero-order valence-corrected chi connectivity index (χ0v) is 11.6. The quantitative estimate of drug-likeness (QED) is 0.569. The molecule has 1 aliphatic rings. The Morgan fingerprint density at radius 2 is 1.75 bits per heavy atom. The van der Waals surface area contributed by atoms with Crippen LogP contribution in [0.3, 0.4) is 0 Å². The van der Waals surface area contributed by atoms with E-state index in [0.29, 0.717) is 11.5 Å². The molecule has 1 rings (SSSR count). The van der Waals surface area contributed by atoms with Crippen LogP contribution in [0.1, 0.15) is 78.6 Å². The zero-order valence-electron chi connectivity index (χ0n) is 11.6. The van der Waals surface area contributed by atoms with Crippen molar-refractivity contribution in [3.05, 3.63) is 0 Å². The van der Waals surface area contributed by atoms with Crippen molar-refractivity contribution in [2.75, 3.05) is 6.54 Å². The molecule has 0 saturated heterocycles. The average molecular weight is 225 g/mol. The third kappa shape index (κ3) is 4.86. The van der Waals surface area contributed by atoms with E-state index in [4.69, 9.17) is 0 Å². The number of hydrogen-bond acceptors (Lipinski definition) is 1. The molecule has 1 aliphatic carbocycles. The first-order valence-electron chi connectivity index (χ1n) is 7.42. The molecule has 0 spiro atoms. The molecular weight excluding hydrogens is 194 g/mol. The first kappa shape index (κ1) is 14.0. The van der Waals surface area contributed by atoms with Crippen LogP contribution in [-0.4, -0.2) is 12.6 Å². The number of hydrogen-bond donors (Lipinski definition) is 1. The molecule has 0 unspecified atom stereocenters. The fourth-order valence-corrected chi connectivity index (χ4v) is 2.72. The van der Waals surface area contributed by atoms with Crippen LogP contribution in [0.4, 0.5) is 0 Å². The summed E-state index contributed by atoms with van der Waals surface area (Å²) in [7, 11) is 0. The molecule has 0 aliphatic heterocycles. The minimum Gasteiger partial charge on any atom is -0.314 e. The van der Waals surface area contributed by atoms with E-state index in [0.717, 1.165) is 0 Å². The van der Waals surface area contributed by atoms with Crippen molar-refractivity contribution in [1.82, 2.24) is 5.32 Å². The number of rotatable bonds is 9. The summed E-state index contributed by atoms with van der Waals surface area (Å²) < 4.78 is 0. The maximum absolute atomic E-state index is 3.64. The normalized spacial score (nSPS) is 18.8. The molecule has 0 aromatic rings. The van der Waals surface area contributed by atoms with Crippen LogP contribution in [0.25, 0.3) is 0 Å². The molecule has 0 aromatic heterocycles. The Labute approximate surface area is 102 Å². The molecule has 1 N–H and O–H groups in total. The second kappa shape index (κ2) is 7.32. The van der Waals surface area contributed by atoms with Gasteiger partial charge in [-0.05, 0) is 24.7 Å². The van der Waals surface area contributed by atoms with Crippen LogP contribution in [0, 0.1) is 5.41 Å². The summed E-state index contributed by atoms with van der Waals surface area (Å²) in [6.45, 7) is 8.07. The Morgan fingerprint density at radius 3 is 2.25 bits per heavy atom. The predicted octanol–water partition coefficient (Wildman–Crippen LogP) is 4.52. The number of unbranched alkanes of at least 4 members (excludes halogenated alkanes) is 4. The SMILES string of the molecule is CCCCCCCC1(CNC(C)C)CCC1. The highest BCUT2D eigenvalue weighted by molar-refractivity contribution is 4.89. The summed E-state index contributed by atoms with van der Waals surface area (Å²) in [5, 5.41) is 3.64. The van der Waals surface area contributed by atoms with Gasteiger partial charge in [0.05, 0.1) is 0 Å². The predicted molar refractivity (Wildman–Crippen MR) is 72.8 cm³/mol. The van der Waals surface area contributed by atoms with Crippen LogP contribution < -0.4 is 5.32 Å². The monoisotopic (exact) mass is 225 g/mol. The minimum absolute atomic E-state index is 0.651. The van der Waals surface area contributed by atoms with Crippen molar-refractivity contribution in [2.24, 2.45) is 5.41 Å². The lowest BCUT2D eigenvalue weighted by Crippen LogP contribution is -2.42. The molecule has 1 nitrogen and oxygen atoms in total. The van der Waals surface area contributed by atoms with Gasteiger partial charge < -0.3 is 5.32 Å². The Bertz CT molecular complexity index is 170. The van der Waals surface area contributed by atoms with E-state index >= 15 is 0 Å². The molecule has 1 saturated carbocycles. The highest BCUT2D eigenvalue weighted by Gasteiger charge is 2.35. The Kier molecular flexibility index (Phi) is 6.41. The van der Waals surface area contributed by atoms with Crippen LogP contribution in [-0.2, 0) is 0 Å². The summed E-state index contributed by atoms with van der Waals surface area (Å²) in [6.07, 6.45) is 13.0. The summed E-state index contributed by atoms with van der Waals surface area (Å²) in [6, 6.07) is 0.651. The van der Waals surface area contributed by atoms with Crippen molar-refractivity contribution >= 4 is 0 Å². The van der Waals surface area contributed by atoms with E-state index in [2.05, 4.69) is 26.1 Å². The lowest BCUT2D eigenvalue weighted by Gasteiger charge is -2.43. The highest BCUT2D eigenvalue weighted by Crippen LogP contribution is 2.44. The topological polar surface area (TPSA) is 12.0 Å². The van der Waals surface area contributed by atoms with Gasteiger partial charge in [0.2, 0.25) is 0 Å². The molecule has 16 heavy (non-hydrogen) atoms. The molecule has 0 heterocycles. The lowest BCUT2D eigenvalue weighted by atomic mass is 9.65. The summed E-state index contributed by atoms with van der Waals surface area (Å²) >= 11 is 0. The zero-order chi connectivity index (χ0) is 11.9. The van der Waals surface area contributed by atoms with Gasteiger partial charge in [-0.15, -0.1) is 0 Å². The van der Waals surface area contributed by atoms with Gasteiger partial charge in [0.1, 0.15) is 0 Å². The molecule has 0 amide bonds. The molecule has 0 aromatic carbocycles. The van der Waals surface area contributed by atoms with Gasteiger partial charge in [0.25, 0.3) is 0 Å². The van der Waals surface area contributed by atoms with Gasteiger partial charge in [0, 0.05) is 12.6 Å². The van der Waals surface area contributed by atoms with E-state index in [1.165, 1.54) is 64.3 Å². The van der Waals surface area contributed by atoms with Crippen molar-refractivity contribution in [1.29, 1.82) is 0 Å². The van der Waals surface area contributed by atoms with Gasteiger partial charge in [-0.2, -0.15) is 0 Å². The Morgan fingerprint density at radius 1 is 1.06 bits per heavy atom. The van der Waals surface area contributed by atoms with Gasteiger partial charge in [-0.3, -0.25) is 0 Å². The minimum atomic E-state index is 0.651. The molecule has 96 valence electrons. The van der Waals surface area contributed by atoms with Crippen molar-refractivity contribution in [3.63, 3.8) is 0 Å². The largest absolute Gasteiger partial charge is 0.314 e. The van der Waals surface area contributed by atoms with Crippen molar-refractivity contribution in [3.8, 4) is 0 Å². The summed E-state index contributed by atoms with van der Waals surface area (Å²) in [5.41, 5.74) is 0.691. The maximum atomic E-state index is 3.64. The maximum Gasteiger partial charge on any atom is 0.00106 e. The van der Waals surface area contributed by atoms with Crippen LogP contribution in [0.5, 0.6) is 0 Å². The lowest BCUT2D eigenvalue weighted by molar-refractivity contribution is 0.109. The molecule has 0 bridgehead atoms. The summed E-state index contributed by atoms with van der Waals surface area (Å²) in [4.78, 5) is 0. The van der Waals surface area contributed by atoms with Crippen LogP contribution in [0.2, 0.25) is 0 Å². The van der Waals surface area contributed by atoms with Gasteiger partial charge >= 0.3 is 0 Å². The molecular formula is C15H31N. The average Bonchev–Trinajstić information content (AvgIpc) is 2.19. The number of nitrogens with one attached hydrogen (secondary N) is 1. The second-order valence-electron chi connectivity index (χ2n) is 6.05. The van der Waals surface area contributed by atoms with E-state index < -0.39 is 0 Å². The first-order chi connectivity index (χ1) is 7.68. The third-order valence-electron chi connectivity index (χ3n) is 4.11. The second-order valence-corrected chi connectivity index (χ2v) is 6.05. The van der Waals surface area contributed by atoms with E-state index in [1.807, 2.05) is 0 Å². The molecule has 1 heteroatoms. The first-order valence-corrected chi connectivity index (χ1v) is 7.42. The van der Waals surface area contributed by atoms with Gasteiger partial charge in [-0.1, -0.05) is 59.3 Å². The van der Waals surface area contributed by atoms with Crippen LogP contribution >= 0.6 is 0 Å². The molecule has 0 atom stereocenters. The standard InChI is InChI=1S/C15H31N/c1-4-5-6-7-8-10-15(11-9-12-15)13-16-14(2)3/h14,16H,4-13H2,1-3H3. The molecule has 1 fully saturated rings. The Hall–Kier alpha value is -0.0400. The van der Waals surface area contributed by atoms with Gasteiger partial charge in [0.15, 0.2) is 0 Å². The van der Waals surface area contributed by atoms with Crippen molar-refractivity contribution in [2.45, 2.75) is 84.6 Å². The van der Waals surface area contributed by atoms with E-state index in [-0.39, 0.29) is 0 Å². The van der Waals surface area contributed by atoms with Crippen LogP contribution in [0.15, 0.2) is 0 Å². The summed E-state index contributed by atoms with van der Waals surface area (Å²) in [5.74, 6) is 0. The fraction of sp³-hybridized carbons (Fsp3) is 1.00. The highest BCUT2D eigenvalue weighted by atomic mass is 14.9. The third-order valence-corrected chi connectivity index (χ3v) is 4.11. The van der Waals surface area contributed by atoms with Crippen molar-refractivity contribution < 1.29 is 0 Å². The van der Waals surface area contributed by atoms with Gasteiger partial charge in [-0.25, -0.2) is 0 Å². The molecule has 0 radical (unpaired) electrons. The Balaban J connectivity index is 2.10. The fourth-order valence-electron chi connectivity index (χ4n) is 2.72. The smallest absolute Gasteiger partial charge is 0.00106 e. The van der Waals surface area contributed by atoms with E-state index in [9.17, 15) is 0 Å².